The van der Waals surface area contributed by atoms with Crippen LogP contribution in [0.1, 0.15) is 36.5 Å². The summed E-state index contributed by atoms with van der Waals surface area (Å²) in [6, 6.07) is 4.45. The van der Waals surface area contributed by atoms with Crippen molar-refractivity contribution in [3.05, 3.63) is 48.0 Å². The molecule has 1 aromatic carbocycles. The molecule has 0 radical (unpaired) electrons. The van der Waals surface area contributed by atoms with Gasteiger partial charge in [-0.15, -0.1) is 0 Å². The predicted molar refractivity (Wildman–Crippen MR) is 130 cm³/mol. The molecule has 0 saturated carbocycles. The van der Waals surface area contributed by atoms with E-state index in [1.807, 2.05) is 0 Å². The number of carbonyl (C=O) groups excluding carboxylic acids is 4. The monoisotopic (exact) mass is 534 g/mol. The van der Waals surface area contributed by atoms with Gasteiger partial charge in [0, 0.05) is 24.7 Å². The Hall–Kier alpha value is -3.29. The Kier molecular flexibility index (Phi) is 7.95. The summed E-state index contributed by atoms with van der Waals surface area (Å²) in [5.41, 5.74) is 0.367. The van der Waals surface area contributed by atoms with Crippen LogP contribution in [0.25, 0.3) is 0 Å². The molecule has 3 heterocycles. The maximum absolute atomic E-state index is 13.8. The van der Waals surface area contributed by atoms with Crippen molar-refractivity contribution in [2.45, 2.75) is 56.6 Å². The van der Waals surface area contributed by atoms with E-state index in [9.17, 15) is 32.7 Å². The van der Waals surface area contributed by atoms with Crippen molar-refractivity contribution in [3.8, 4) is 0 Å². The molecule has 3 N–H and O–H groups in total. The van der Waals surface area contributed by atoms with E-state index in [4.69, 9.17) is 0 Å². The quantitative estimate of drug-likeness (QED) is 0.313. The lowest BCUT2D eigenvalue weighted by atomic mass is 9.97. The topological polar surface area (TPSA) is 162 Å². The molecule has 4 rings (SSSR count). The molecular formula is C24H30N4O8S. The largest absolute Gasteiger partial charge is 0.434 e. The molecule has 2 unspecified atom stereocenters. The SMILES string of the molecule is CCS(=O)(=O)N1C[C@@H]2C/C=C\C[C@H](NC(=O)c3ccccc3)C(=O)N2[C@H](C(=O)NC2CC(=O)OC2O)C1. The molecular weight excluding hydrogens is 504 g/mol. The highest BCUT2D eigenvalue weighted by Crippen LogP contribution is 2.26. The summed E-state index contributed by atoms with van der Waals surface area (Å²) in [6.07, 6.45) is 2.25. The number of hydrogen-bond donors (Lipinski definition) is 3. The van der Waals surface area contributed by atoms with E-state index in [0.717, 1.165) is 0 Å². The van der Waals surface area contributed by atoms with Gasteiger partial charge in [0.1, 0.15) is 18.1 Å². The van der Waals surface area contributed by atoms with Crippen molar-refractivity contribution in [1.29, 1.82) is 0 Å². The number of cyclic esters (lactones) is 1. The van der Waals surface area contributed by atoms with Gasteiger partial charge < -0.3 is 25.4 Å². The van der Waals surface area contributed by atoms with Gasteiger partial charge in [-0.1, -0.05) is 30.4 Å². The number of esters is 1. The van der Waals surface area contributed by atoms with Crippen molar-refractivity contribution in [1.82, 2.24) is 19.8 Å². The summed E-state index contributed by atoms with van der Waals surface area (Å²) in [6.45, 7) is 1.18. The minimum absolute atomic E-state index is 0.0109. The molecule has 1 aromatic rings. The van der Waals surface area contributed by atoms with Crippen molar-refractivity contribution in [3.63, 3.8) is 0 Å². The number of ether oxygens (including phenoxy) is 1. The second kappa shape index (κ2) is 11.0. The first-order valence-corrected chi connectivity index (χ1v) is 13.7. The third-order valence-corrected chi connectivity index (χ3v) is 8.55. The number of piperazine rings is 1. The van der Waals surface area contributed by atoms with Gasteiger partial charge in [-0.25, -0.2) is 8.42 Å². The van der Waals surface area contributed by atoms with Gasteiger partial charge in [-0.05, 0) is 31.9 Å². The minimum atomic E-state index is -3.70. The first kappa shape index (κ1) is 26.8. The summed E-state index contributed by atoms with van der Waals surface area (Å²) in [5.74, 6) is -2.58. The molecule has 2 saturated heterocycles. The average Bonchev–Trinajstić information content (AvgIpc) is 3.20. The van der Waals surface area contributed by atoms with Crippen LogP contribution in [0.5, 0.6) is 0 Å². The van der Waals surface area contributed by atoms with Crippen LogP contribution in [0.15, 0.2) is 42.5 Å². The van der Waals surface area contributed by atoms with Gasteiger partial charge in [0.2, 0.25) is 28.1 Å². The molecule has 200 valence electrons. The number of aliphatic hydroxyl groups excluding tert-OH is 1. The number of carbonyl (C=O) groups is 4. The third kappa shape index (κ3) is 5.84. The van der Waals surface area contributed by atoms with E-state index in [1.54, 1.807) is 42.5 Å². The molecule has 2 fully saturated rings. The number of nitrogens with one attached hydrogen (secondary N) is 2. The Bertz CT molecular complexity index is 1190. The molecule has 0 spiro atoms. The summed E-state index contributed by atoms with van der Waals surface area (Å²) in [7, 11) is -3.70. The number of benzene rings is 1. The maximum Gasteiger partial charge on any atom is 0.310 e. The van der Waals surface area contributed by atoms with E-state index in [0.29, 0.717) is 12.0 Å². The van der Waals surface area contributed by atoms with E-state index < -0.39 is 64.2 Å². The van der Waals surface area contributed by atoms with Crippen molar-refractivity contribution < 1.29 is 37.4 Å². The molecule has 3 aliphatic rings. The highest BCUT2D eigenvalue weighted by molar-refractivity contribution is 7.89. The summed E-state index contributed by atoms with van der Waals surface area (Å²) < 4.78 is 31.4. The second-order valence-electron chi connectivity index (χ2n) is 9.17. The lowest BCUT2D eigenvalue weighted by Gasteiger charge is -2.47. The number of aliphatic hydroxyl groups is 1. The smallest absolute Gasteiger partial charge is 0.310 e. The normalized spacial score (nSPS) is 29.5. The predicted octanol–water partition coefficient (Wildman–Crippen LogP) is -0.884. The Morgan fingerprint density at radius 2 is 1.78 bits per heavy atom. The summed E-state index contributed by atoms with van der Waals surface area (Å²) >= 11 is 0. The maximum atomic E-state index is 13.8. The minimum Gasteiger partial charge on any atom is -0.434 e. The fraction of sp³-hybridized carbons (Fsp3) is 0.500. The lowest BCUT2D eigenvalue weighted by Crippen LogP contribution is -2.68. The van der Waals surface area contributed by atoms with Gasteiger partial charge >= 0.3 is 5.97 Å². The Labute approximate surface area is 214 Å². The number of nitrogens with zero attached hydrogens (tertiary/aromatic N) is 2. The highest BCUT2D eigenvalue weighted by atomic mass is 32.2. The number of hydrogen-bond acceptors (Lipinski definition) is 8. The molecule has 3 aliphatic heterocycles. The van der Waals surface area contributed by atoms with Crippen molar-refractivity contribution >= 4 is 33.7 Å². The number of fused-ring (bicyclic) bond motifs is 1. The summed E-state index contributed by atoms with van der Waals surface area (Å²) in [5, 5.41) is 15.2. The molecule has 3 amide bonds. The van der Waals surface area contributed by atoms with E-state index in [-0.39, 0.29) is 31.7 Å². The Morgan fingerprint density at radius 3 is 2.43 bits per heavy atom. The molecule has 13 heteroatoms. The van der Waals surface area contributed by atoms with E-state index in [1.165, 1.54) is 16.1 Å². The van der Waals surface area contributed by atoms with Crippen LogP contribution in [-0.4, -0.2) is 95.7 Å². The highest BCUT2D eigenvalue weighted by Gasteiger charge is 2.47. The molecule has 12 nitrogen and oxygen atoms in total. The summed E-state index contributed by atoms with van der Waals surface area (Å²) in [4.78, 5) is 52.9. The van der Waals surface area contributed by atoms with Gasteiger partial charge in [-0.3, -0.25) is 19.2 Å². The van der Waals surface area contributed by atoms with Crippen LogP contribution >= 0.6 is 0 Å². The lowest BCUT2D eigenvalue weighted by molar-refractivity contribution is -0.156. The van der Waals surface area contributed by atoms with Crippen LogP contribution < -0.4 is 10.6 Å². The Morgan fingerprint density at radius 1 is 1.08 bits per heavy atom. The van der Waals surface area contributed by atoms with Crippen LogP contribution in [0, 0.1) is 0 Å². The molecule has 0 aliphatic carbocycles. The molecule has 0 bridgehead atoms. The second-order valence-corrected chi connectivity index (χ2v) is 11.4. The van der Waals surface area contributed by atoms with Crippen LogP contribution in [0.4, 0.5) is 0 Å². The number of amides is 3. The third-order valence-electron chi connectivity index (χ3n) is 6.73. The van der Waals surface area contributed by atoms with Crippen molar-refractivity contribution in [2.24, 2.45) is 0 Å². The zero-order valence-electron chi connectivity index (χ0n) is 20.3. The van der Waals surface area contributed by atoms with Gasteiger partial charge in [0.15, 0.2) is 0 Å². The zero-order chi connectivity index (χ0) is 26.7. The molecule has 5 atom stereocenters. The Balaban J connectivity index is 1.63. The van der Waals surface area contributed by atoms with Gasteiger partial charge in [0.25, 0.3) is 5.91 Å². The first-order chi connectivity index (χ1) is 17.6. The van der Waals surface area contributed by atoms with Crippen LogP contribution in [0.2, 0.25) is 0 Å². The van der Waals surface area contributed by atoms with E-state index >= 15 is 0 Å². The zero-order valence-corrected chi connectivity index (χ0v) is 21.1. The fourth-order valence-corrected chi connectivity index (χ4v) is 5.87. The average molecular weight is 535 g/mol. The molecule has 0 aromatic heterocycles. The van der Waals surface area contributed by atoms with Gasteiger partial charge in [-0.2, -0.15) is 4.31 Å². The first-order valence-electron chi connectivity index (χ1n) is 12.1. The fourth-order valence-electron chi connectivity index (χ4n) is 4.74. The van der Waals surface area contributed by atoms with Crippen LogP contribution in [0.3, 0.4) is 0 Å². The van der Waals surface area contributed by atoms with Gasteiger partial charge in [0.05, 0.1) is 12.2 Å². The van der Waals surface area contributed by atoms with Crippen molar-refractivity contribution in [2.75, 3.05) is 18.8 Å². The standard InChI is InChI=1S/C24H30N4O8S/c1-2-37(34,35)27-13-16-10-6-7-11-17(25-21(30)15-8-4-3-5-9-15)23(32)28(16)19(14-27)22(31)26-18-12-20(29)36-24(18)33/h3-9,16-19,24,33H,2,10-14H2,1H3,(H,25,30)(H,26,31)/b7-6-/t16-,17-,18?,19-,24?/m0/s1. The number of sulfonamides is 1. The molecule has 37 heavy (non-hydrogen) atoms. The van der Waals surface area contributed by atoms with E-state index in [2.05, 4.69) is 15.4 Å². The van der Waals surface area contributed by atoms with Crippen LogP contribution in [-0.2, 0) is 29.1 Å². The number of rotatable bonds is 6.